The van der Waals surface area contributed by atoms with E-state index in [0.29, 0.717) is 13.0 Å². The molecule has 20 heavy (non-hydrogen) atoms. The van der Waals surface area contributed by atoms with Crippen molar-refractivity contribution in [2.75, 3.05) is 0 Å². The summed E-state index contributed by atoms with van der Waals surface area (Å²) in [5.74, 6) is 0.818. The fraction of sp³-hybridized carbons (Fsp3) is 0.562. The van der Waals surface area contributed by atoms with Crippen molar-refractivity contribution in [3.63, 3.8) is 0 Å². The van der Waals surface area contributed by atoms with Gasteiger partial charge in [0, 0.05) is 22.1 Å². The van der Waals surface area contributed by atoms with Gasteiger partial charge in [0.25, 0.3) is 0 Å². The molecule has 0 aliphatic carbocycles. The Hall–Kier alpha value is -1.05. The molecule has 0 saturated carbocycles. The van der Waals surface area contributed by atoms with Crippen LogP contribution in [-0.2, 0) is 6.54 Å². The van der Waals surface area contributed by atoms with Gasteiger partial charge in [0.05, 0.1) is 0 Å². The second-order valence-electron chi connectivity index (χ2n) is 5.96. The molecule has 0 saturated heterocycles. The number of nitrogens with one attached hydrogen (secondary N) is 1. The van der Waals surface area contributed by atoms with Gasteiger partial charge < -0.3 is 10.1 Å². The molecule has 0 aliphatic rings. The van der Waals surface area contributed by atoms with Gasteiger partial charge >= 0.3 is 0 Å². The summed E-state index contributed by atoms with van der Waals surface area (Å²) in [6.45, 7) is 11.1. The zero-order valence-corrected chi connectivity index (χ0v) is 14.5. The van der Waals surface area contributed by atoms with Crippen LogP contribution in [-0.4, -0.2) is 11.6 Å². The van der Waals surface area contributed by atoms with Crippen molar-refractivity contribution in [1.29, 1.82) is 5.26 Å². The average Bonchev–Trinajstić information content (AvgIpc) is 2.34. The number of halogens is 1. The summed E-state index contributed by atoms with van der Waals surface area (Å²) in [6.07, 6.45) is 0.279. The normalized spacial score (nSPS) is 12.8. The molecule has 0 aromatic heterocycles. The van der Waals surface area contributed by atoms with Crippen LogP contribution in [0, 0.1) is 18.3 Å². The standard InChI is InChI=1S/C16H23BrN2O/c1-6-14(9-18)20-15-11(2)7-13(17)8-12(15)10-19-16(3,4)5/h7-8,14,19H,6,10H2,1-5H3. The van der Waals surface area contributed by atoms with Crippen molar-refractivity contribution in [1.82, 2.24) is 5.32 Å². The molecule has 1 atom stereocenters. The van der Waals surface area contributed by atoms with E-state index in [4.69, 9.17) is 10.00 Å². The molecule has 110 valence electrons. The Balaban J connectivity index is 3.05. The lowest BCUT2D eigenvalue weighted by molar-refractivity contribution is 0.246. The molecule has 0 spiro atoms. The maximum absolute atomic E-state index is 9.08. The second kappa shape index (κ2) is 7.10. The Morgan fingerprint density at radius 1 is 1.40 bits per heavy atom. The summed E-state index contributed by atoms with van der Waals surface area (Å²) in [6, 6.07) is 6.25. The van der Waals surface area contributed by atoms with Crippen molar-refractivity contribution in [2.45, 2.75) is 59.2 Å². The van der Waals surface area contributed by atoms with Crippen molar-refractivity contribution in [2.24, 2.45) is 0 Å². The van der Waals surface area contributed by atoms with Crippen LogP contribution in [0.4, 0.5) is 0 Å². The molecule has 0 amide bonds. The molecule has 1 rings (SSSR count). The predicted octanol–water partition coefficient (Wildman–Crippen LogP) is 4.33. The molecular formula is C16H23BrN2O. The lowest BCUT2D eigenvalue weighted by Gasteiger charge is -2.23. The summed E-state index contributed by atoms with van der Waals surface area (Å²) in [4.78, 5) is 0. The van der Waals surface area contributed by atoms with Crippen molar-refractivity contribution in [3.8, 4) is 11.8 Å². The number of rotatable bonds is 5. The van der Waals surface area contributed by atoms with Crippen LogP contribution in [0.3, 0.4) is 0 Å². The Bertz CT molecular complexity index is 500. The summed E-state index contributed by atoms with van der Waals surface area (Å²) in [7, 11) is 0. The third-order valence-electron chi connectivity index (χ3n) is 2.90. The van der Waals surface area contributed by atoms with E-state index >= 15 is 0 Å². The van der Waals surface area contributed by atoms with Crippen LogP contribution >= 0.6 is 15.9 Å². The highest BCUT2D eigenvalue weighted by Gasteiger charge is 2.16. The minimum atomic E-state index is -0.400. The first-order valence-electron chi connectivity index (χ1n) is 6.87. The van der Waals surface area contributed by atoms with E-state index in [9.17, 15) is 0 Å². The molecule has 0 aliphatic heterocycles. The molecule has 0 heterocycles. The Morgan fingerprint density at radius 3 is 2.55 bits per heavy atom. The molecular weight excluding hydrogens is 316 g/mol. The first-order valence-corrected chi connectivity index (χ1v) is 7.66. The highest BCUT2D eigenvalue weighted by Crippen LogP contribution is 2.29. The fourth-order valence-electron chi connectivity index (χ4n) is 1.80. The van der Waals surface area contributed by atoms with Gasteiger partial charge in [0.1, 0.15) is 11.8 Å². The maximum Gasteiger partial charge on any atom is 0.184 e. The number of nitriles is 1. The summed E-state index contributed by atoms with van der Waals surface area (Å²) in [5, 5.41) is 12.5. The smallest absolute Gasteiger partial charge is 0.184 e. The number of hydrogen-bond acceptors (Lipinski definition) is 3. The Morgan fingerprint density at radius 2 is 2.05 bits per heavy atom. The number of nitrogens with zero attached hydrogens (tertiary/aromatic N) is 1. The van der Waals surface area contributed by atoms with Crippen LogP contribution in [0.1, 0.15) is 45.2 Å². The summed E-state index contributed by atoms with van der Waals surface area (Å²) in [5.41, 5.74) is 2.15. The first-order chi connectivity index (χ1) is 9.26. The molecule has 1 aromatic carbocycles. The van der Waals surface area contributed by atoms with Gasteiger partial charge in [-0.05, 0) is 51.8 Å². The Kier molecular flexibility index (Phi) is 6.04. The van der Waals surface area contributed by atoms with E-state index in [1.54, 1.807) is 0 Å². The van der Waals surface area contributed by atoms with Crippen LogP contribution in [0.5, 0.6) is 5.75 Å². The largest absolute Gasteiger partial charge is 0.475 e. The van der Waals surface area contributed by atoms with E-state index < -0.39 is 6.10 Å². The SMILES string of the molecule is CCC(C#N)Oc1c(C)cc(Br)cc1CNC(C)(C)C. The molecule has 0 fully saturated rings. The van der Waals surface area contributed by atoms with Crippen molar-refractivity contribution < 1.29 is 4.74 Å². The number of hydrogen-bond donors (Lipinski definition) is 1. The topological polar surface area (TPSA) is 45.0 Å². The van der Waals surface area contributed by atoms with Crippen LogP contribution in [0.2, 0.25) is 0 Å². The van der Waals surface area contributed by atoms with Crippen molar-refractivity contribution >= 4 is 15.9 Å². The third-order valence-corrected chi connectivity index (χ3v) is 3.36. The molecule has 0 bridgehead atoms. The lowest BCUT2D eigenvalue weighted by Crippen LogP contribution is -2.35. The zero-order valence-electron chi connectivity index (χ0n) is 12.9. The molecule has 1 N–H and O–H groups in total. The van der Waals surface area contributed by atoms with Gasteiger partial charge in [0.15, 0.2) is 6.10 Å². The van der Waals surface area contributed by atoms with E-state index in [-0.39, 0.29) is 5.54 Å². The second-order valence-corrected chi connectivity index (χ2v) is 6.87. The lowest BCUT2D eigenvalue weighted by atomic mass is 10.1. The summed E-state index contributed by atoms with van der Waals surface area (Å²) >= 11 is 3.52. The van der Waals surface area contributed by atoms with Gasteiger partial charge in [-0.25, -0.2) is 0 Å². The van der Waals surface area contributed by atoms with Crippen LogP contribution in [0.15, 0.2) is 16.6 Å². The number of benzene rings is 1. The van der Waals surface area contributed by atoms with Gasteiger partial charge in [-0.1, -0.05) is 22.9 Å². The van der Waals surface area contributed by atoms with E-state index in [1.807, 2.05) is 26.0 Å². The fourth-order valence-corrected chi connectivity index (χ4v) is 2.42. The van der Waals surface area contributed by atoms with Gasteiger partial charge in [-0.3, -0.25) is 0 Å². The number of aryl methyl sites for hydroxylation is 1. The highest BCUT2D eigenvalue weighted by molar-refractivity contribution is 9.10. The van der Waals surface area contributed by atoms with Gasteiger partial charge in [0.2, 0.25) is 0 Å². The molecule has 1 aromatic rings. The predicted molar refractivity (Wildman–Crippen MR) is 85.8 cm³/mol. The third kappa shape index (κ3) is 5.15. The first kappa shape index (κ1) is 17.0. The maximum atomic E-state index is 9.08. The minimum absolute atomic E-state index is 0.0346. The highest BCUT2D eigenvalue weighted by atomic mass is 79.9. The van der Waals surface area contributed by atoms with Gasteiger partial charge in [-0.2, -0.15) is 5.26 Å². The quantitative estimate of drug-likeness (QED) is 0.869. The zero-order chi connectivity index (χ0) is 15.3. The van der Waals surface area contributed by atoms with E-state index in [0.717, 1.165) is 21.3 Å². The monoisotopic (exact) mass is 338 g/mol. The number of ether oxygens (including phenoxy) is 1. The van der Waals surface area contributed by atoms with Crippen LogP contribution in [0.25, 0.3) is 0 Å². The van der Waals surface area contributed by atoms with Crippen molar-refractivity contribution in [3.05, 3.63) is 27.7 Å². The molecule has 3 nitrogen and oxygen atoms in total. The van der Waals surface area contributed by atoms with E-state index in [1.165, 1.54) is 0 Å². The minimum Gasteiger partial charge on any atom is -0.475 e. The summed E-state index contributed by atoms with van der Waals surface area (Å²) < 4.78 is 6.90. The molecule has 0 radical (unpaired) electrons. The van der Waals surface area contributed by atoms with Crippen LogP contribution < -0.4 is 10.1 Å². The molecule has 1 unspecified atom stereocenters. The average molecular weight is 339 g/mol. The molecule has 4 heteroatoms. The Labute approximate surface area is 130 Å². The van der Waals surface area contributed by atoms with E-state index in [2.05, 4.69) is 48.1 Å². The van der Waals surface area contributed by atoms with Gasteiger partial charge in [-0.15, -0.1) is 0 Å².